The van der Waals surface area contributed by atoms with E-state index >= 15 is 4.39 Å². The molecular formula is C34H38FN5O2. The van der Waals surface area contributed by atoms with Crippen molar-refractivity contribution >= 4 is 27.5 Å². The Hall–Kier alpha value is -3.49. The van der Waals surface area contributed by atoms with Crippen LogP contribution in [0, 0.1) is 11.2 Å². The maximum atomic E-state index is 16.7. The van der Waals surface area contributed by atoms with Gasteiger partial charge in [0.2, 0.25) is 0 Å². The Labute approximate surface area is 245 Å². The Bertz CT molecular complexity index is 1670. The standard InChI is InChI=1S/C34H38FN5O2/c1-39-15-5-14-34(13-4-8-29(34)39)20-42-33-37-31-27(32(38-33)40-18-22-9-10-23(19-40)36-22)12-11-26(30(31)35)28-17-24(41)16-21-6-2-3-7-25(21)28/h2-3,6-7,11-12,16-17,22-23,29,36,41H,4-5,8-10,13-15,18-20H2,1H3/t22?,23?,29-,34-/m1/s1. The number of nitrogens with one attached hydrogen (secondary N) is 1. The summed E-state index contributed by atoms with van der Waals surface area (Å²) in [5, 5.41) is 16.6. The Balaban J connectivity index is 1.24. The van der Waals surface area contributed by atoms with E-state index in [0.717, 1.165) is 61.9 Å². The van der Waals surface area contributed by atoms with Gasteiger partial charge in [-0.3, -0.25) is 0 Å². The Morgan fingerprint density at radius 2 is 1.79 bits per heavy atom. The third-order valence-electron chi connectivity index (χ3n) is 10.5. The number of hydrogen-bond acceptors (Lipinski definition) is 7. The molecule has 1 aromatic heterocycles. The minimum absolute atomic E-state index is 0.0977. The fourth-order valence-corrected chi connectivity index (χ4v) is 8.51. The van der Waals surface area contributed by atoms with Crippen LogP contribution >= 0.6 is 0 Å². The molecule has 4 atom stereocenters. The van der Waals surface area contributed by atoms with E-state index in [9.17, 15) is 5.11 Å². The van der Waals surface area contributed by atoms with E-state index in [-0.39, 0.29) is 22.7 Å². The number of hydrogen-bond donors (Lipinski definition) is 2. The van der Waals surface area contributed by atoms with E-state index in [2.05, 4.69) is 22.2 Å². The zero-order chi connectivity index (χ0) is 28.4. The number of phenols is 1. The second kappa shape index (κ2) is 10.1. The Morgan fingerprint density at radius 3 is 2.64 bits per heavy atom. The van der Waals surface area contributed by atoms with Gasteiger partial charge in [-0.15, -0.1) is 0 Å². The number of benzene rings is 3. The number of nitrogens with zero attached hydrogens (tertiary/aromatic N) is 4. The summed E-state index contributed by atoms with van der Waals surface area (Å²) in [5.41, 5.74) is 1.42. The summed E-state index contributed by atoms with van der Waals surface area (Å²) in [5.74, 6) is 0.444. The summed E-state index contributed by atoms with van der Waals surface area (Å²) < 4.78 is 23.2. The van der Waals surface area contributed by atoms with E-state index in [4.69, 9.17) is 14.7 Å². The van der Waals surface area contributed by atoms with Crippen molar-refractivity contribution in [1.29, 1.82) is 0 Å². The first-order valence-corrected chi connectivity index (χ1v) is 15.5. The first-order chi connectivity index (χ1) is 20.5. The molecule has 7 nitrogen and oxygen atoms in total. The first kappa shape index (κ1) is 26.2. The van der Waals surface area contributed by atoms with Gasteiger partial charge in [-0.05, 0) is 86.7 Å². The van der Waals surface area contributed by atoms with Crippen LogP contribution in [-0.4, -0.2) is 71.4 Å². The maximum Gasteiger partial charge on any atom is 0.319 e. The molecule has 218 valence electrons. The van der Waals surface area contributed by atoms with Crippen molar-refractivity contribution in [3.63, 3.8) is 0 Å². The number of rotatable bonds is 5. The highest BCUT2D eigenvalue weighted by molar-refractivity contribution is 6.01. The molecular weight excluding hydrogens is 529 g/mol. The van der Waals surface area contributed by atoms with Gasteiger partial charge < -0.3 is 25.0 Å². The molecule has 0 radical (unpaired) electrons. The fraction of sp³-hybridized carbons (Fsp3) is 0.471. The molecule has 1 saturated carbocycles. The molecule has 2 unspecified atom stereocenters. The lowest BCUT2D eigenvalue weighted by Crippen LogP contribution is -2.51. The van der Waals surface area contributed by atoms with Gasteiger partial charge >= 0.3 is 6.01 Å². The highest BCUT2D eigenvalue weighted by Gasteiger charge is 2.47. The third kappa shape index (κ3) is 4.30. The molecule has 0 amide bonds. The smallest absolute Gasteiger partial charge is 0.319 e. The first-order valence-electron chi connectivity index (χ1n) is 15.5. The number of piperidine rings is 1. The molecule has 2 N–H and O–H groups in total. The monoisotopic (exact) mass is 567 g/mol. The van der Waals surface area contributed by atoms with Crippen LogP contribution in [0.2, 0.25) is 0 Å². The number of ether oxygens (including phenoxy) is 1. The second-order valence-corrected chi connectivity index (χ2v) is 13.1. The number of phenolic OH excluding ortho intramolecular Hbond substituents is 1. The zero-order valence-corrected chi connectivity index (χ0v) is 24.2. The molecule has 4 heterocycles. The van der Waals surface area contributed by atoms with Crippen LogP contribution in [0.15, 0.2) is 48.5 Å². The molecule has 0 spiro atoms. The maximum absolute atomic E-state index is 16.7. The van der Waals surface area contributed by atoms with Crippen molar-refractivity contribution in [3.05, 3.63) is 54.3 Å². The number of aromatic hydroxyl groups is 1. The molecule has 8 heteroatoms. The van der Waals surface area contributed by atoms with Crippen molar-refractivity contribution in [3.8, 4) is 22.9 Å². The van der Waals surface area contributed by atoms with E-state index in [1.54, 1.807) is 12.1 Å². The lowest BCUT2D eigenvalue weighted by molar-refractivity contribution is 0.0133. The third-order valence-corrected chi connectivity index (χ3v) is 10.5. The topological polar surface area (TPSA) is 73.8 Å². The summed E-state index contributed by atoms with van der Waals surface area (Å²) in [6, 6.07) is 16.4. The predicted octanol–water partition coefficient (Wildman–Crippen LogP) is 5.88. The van der Waals surface area contributed by atoms with E-state index in [1.807, 2.05) is 36.4 Å². The number of anilines is 1. The van der Waals surface area contributed by atoms with Crippen molar-refractivity contribution in [2.24, 2.45) is 5.41 Å². The molecule has 3 aliphatic heterocycles. The lowest BCUT2D eigenvalue weighted by atomic mass is 9.76. The number of aromatic nitrogens is 2. The van der Waals surface area contributed by atoms with E-state index < -0.39 is 5.82 Å². The zero-order valence-electron chi connectivity index (χ0n) is 24.2. The summed E-state index contributed by atoms with van der Waals surface area (Å²) >= 11 is 0. The fourth-order valence-electron chi connectivity index (χ4n) is 8.51. The number of piperazine rings is 1. The average Bonchev–Trinajstić information content (AvgIpc) is 3.59. The molecule has 2 bridgehead atoms. The summed E-state index contributed by atoms with van der Waals surface area (Å²) in [4.78, 5) is 14.5. The van der Waals surface area contributed by atoms with Crippen LogP contribution in [0.1, 0.15) is 44.9 Å². The Morgan fingerprint density at radius 1 is 0.976 bits per heavy atom. The molecule has 1 aliphatic carbocycles. The van der Waals surface area contributed by atoms with Gasteiger partial charge in [0.05, 0.1) is 6.61 Å². The highest BCUT2D eigenvalue weighted by atomic mass is 19.1. The minimum atomic E-state index is -0.413. The number of halogens is 1. The predicted molar refractivity (Wildman–Crippen MR) is 164 cm³/mol. The molecule has 4 aromatic rings. The van der Waals surface area contributed by atoms with E-state index in [1.165, 1.54) is 19.3 Å². The number of likely N-dealkylation sites (tertiary alicyclic amines) is 1. The van der Waals surface area contributed by atoms with Crippen LogP contribution < -0.4 is 15.0 Å². The molecule has 4 aliphatic rings. The van der Waals surface area contributed by atoms with Gasteiger partial charge in [-0.1, -0.05) is 36.8 Å². The minimum Gasteiger partial charge on any atom is -0.508 e. The van der Waals surface area contributed by atoms with Gasteiger partial charge in [0.1, 0.15) is 17.1 Å². The normalized spacial score (nSPS) is 27.6. The second-order valence-electron chi connectivity index (χ2n) is 13.1. The number of fused-ring (bicyclic) bond motifs is 5. The molecule has 42 heavy (non-hydrogen) atoms. The summed E-state index contributed by atoms with van der Waals surface area (Å²) in [6.07, 6.45) is 8.16. The quantitative estimate of drug-likeness (QED) is 0.312. The SMILES string of the molecule is CN1CCC[C@@]2(COc3nc(N4CC5CCC(C4)N5)c4ccc(-c5cc(O)cc6ccccc56)c(F)c4n3)CCC[C@@H]12. The summed E-state index contributed by atoms with van der Waals surface area (Å²) in [6.45, 7) is 3.35. The van der Waals surface area contributed by atoms with Gasteiger partial charge in [0.25, 0.3) is 0 Å². The highest BCUT2D eigenvalue weighted by Crippen LogP contribution is 2.47. The van der Waals surface area contributed by atoms with Crippen LogP contribution in [0.3, 0.4) is 0 Å². The van der Waals surface area contributed by atoms with Gasteiger partial charge in [-0.2, -0.15) is 9.97 Å². The van der Waals surface area contributed by atoms with Crippen LogP contribution in [0.4, 0.5) is 10.2 Å². The van der Waals surface area contributed by atoms with Crippen LogP contribution in [0.5, 0.6) is 11.8 Å². The Kier molecular flexibility index (Phi) is 6.26. The average molecular weight is 568 g/mol. The molecule has 3 aromatic carbocycles. The lowest BCUT2D eigenvalue weighted by Gasteiger charge is -2.44. The molecule has 8 rings (SSSR count). The molecule has 3 saturated heterocycles. The van der Waals surface area contributed by atoms with Gasteiger partial charge in [-0.25, -0.2) is 4.39 Å². The largest absolute Gasteiger partial charge is 0.508 e. The molecule has 4 fully saturated rings. The van der Waals surface area contributed by atoms with Crippen molar-refractivity contribution < 1.29 is 14.2 Å². The van der Waals surface area contributed by atoms with Gasteiger partial charge in [0.15, 0.2) is 5.82 Å². The van der Waals surface area contributed by atoms with Crippen LogP contribution in [-0.2, 0) is 0 Å². The summed E-state index contributed by atoms with van der Waals surface area (Å²) in [7, 11) is 2.23. The van der Waals surface area contributed by atoms with E-state index in [0.29, 0.717) is 41.2 Å². The van der Waals surface area contributed by atoms with Crippen molar-refractivity contribution in [2.75, 3.05) is 38.2 Å². The van der Waals surface area contributed by atoms with Crippen molar-refractivity contribution in [1.82, 2.24) is 20.2 Å². The van der Waals surface area contributed by atoms with Gasteiger partial charge in [0, 0.05) is 47.6 Å². The van der Waals surface area contributed by atoms with Crippen molar-refractivity contribution in [2.45, 2.75) is 63.1 Å². The van der Waals surface area contributed by atoms with Crippen LogP contribution in [0.25, 0.3) is 32.8 Å².